The van der Waals surface area contributed by atoms with E-state index in [9.17, 15) is 0 Å². The summed E-state index contributed by atoms with van der Waals surface area (Å²) in [5.74, 6) is 1.28. The van der Waals surface area contributed by atoms with E-state index < -0.39 is 0 Å². The van der Waals surface area contributed by atoms with Crippen molar-refractivity contribution in [2.24, 2.45) is 11.7 Å². The minimum atomic E-state index is 0.184. The van der Waals surface area contributed by atoms with Gasteiger partial charge in [0.1, 0.15) is 5.52 Å². The fourth-order valence-corrected chi connectivity index (χ4v) is 4.34. The molecule has 0 saturated carbocycles. The zero-order chi connectivity index (χ0) is 21.1. The van der Waals surface area contributed by atoms with Crippen LogP contribution < -0.4 is 5.73 Å². The van der Waals surface area contributed by atoms with Crippen LogP contribution in [0, 0.1) is 5.92 Å². The highest BCUT2D eigenvalue weighted by atomic mass is 35.5. The molecule has 30 heavy (non-hydrogen) atoms. The van der Waals surface area contributed by atoms with Crippen LogP contribution in [0.15, 0.2) is 46.9 Å². The standard InChI is InChI=1S/C23H28Cl2N4O/c1-16(13-26)18(23-27-21-4-2-3-5-22(21)30-23)15-29-10-8-28(9-11-29)14-17-6-7-19(24)20(25)12-17/h2-7,12,16,18H,8-11,13-15,26H2,1H3. The second-order valence-electron chi connectivity index (χ2n) is 8.16. The van der Waals surface area contributed by atoms with Crippen LogP contribution in [0.3, 0.4) is 0 Å². The molecule has 0 radical (unpaired) electrons. The van der Waals surface area contributed by atoms with Crippen LogP contribution in [0.2, 0.25) is 10.0 Å². The zero-order valence-electron chi connectivity index (χ0n) is 17.2. The topological polar surface area (TPSA) is 58.5 Å². The number of nitrogens with two attached hydrogens (primary N) is 1. The van der Waals surface area contributed by atoms with Crippen molar-refractivity contribution in [3.05, 3.63) is 64.0 Å². The summed E-state index contributed by atoms with van der Waals surface area (Å²) >= 11 is 12.2. The Hall–Kier alpha value is -1.63. The Balaban J connectivity index is 1.38. The lowest BCUT2D eigenvalue weighted by Gasteiger charge is -2.37. The third-order valence-electron chi connectivity index (χ3n) is 6.00. The van der Waals surface area contributed by atoms with Crippen molar-refractivity contribution < 1.29 is 4.42 Å². The fraction of sp³-hybridized carbons (Fsp3) is 0.435. The van der Waals surface area contributed by atoms with Crippen LogP contribution in [-0.2, 0) is 6.54 Å². The molecule has 2 unspecified atom stereocenters. The summed E-state index contributed by atoms with van der Waals surface area (Å²) in [7, 11) is 0. The van der Waals surface area contributed by atoms with Crippen LogP contribution in [0.4, 0.5) is 0 Å². The third-order valence-corrected chi connectivity index (χ3v) is 6.74. The van der Waals surface area contributed by atoms with E-state index in [1.54, 1.807) is 0 Å². The Morgan fingerprint density at radius 1 is 1.03 bits per heavy atom. The van der Waals surface area contributed by atoms with Crippen LogP contribution in [0.1, 0.15) is 24.3 Å². The Kier molecular flexibility index (Phi) is 6.96. The molecule has 1 saturated heterocycles. The number of fused-ring (bicyclic) bond motifs is 1. The predicted octanol–water partition coefficient (Wildman–Crippen LogP) is 4.63. The minimum absolute atomic E-state index is 0.184. The zero-order valence-corrected chi connectivity index (χ0v) is 18.7. The number of hydrogen-bond acceptors (Lipinski definition) is 5. The summed E-state index contributed by atoms with van der Waals surface area (Å²) in [6.45, 7) is 8.63. The van der Waals surface area contributed by atoms with Gasteiger partial charge >= 0.3 is 0 Å². The maximum atomic E-state index is 6.16. The molecule has 0 aliphatic carbocycles. The van der Waals surface area contributed by atoms with Gasteiger partial charge in [-0.05, 0) is 42.3 Å². The molecule has 4 rings (SSSR count). The van der Waals surface area contributed by atoms with Crippen molar-refractivity contribution in [1.82, 2.24) is 14.8 Å². The number of halogens is 2. The number of nitrogens with zero attached hydrogens (tertiary/aromatic N) is 3. The lowest BCUT2D eigenvalue weighted by molar-refractivity contribution is 0.112. The molecule has 3 aromatic rings. The summed E-state index contributed by atoms with van der Waals surface area (Å²) < 4.78 is 6.09. The smallest absolute Gasteiger partial charge is 0.200 e. The number of rotatable bonds is 7. The SMILES string of the molecule is CC(CN)C(CN1CCN(Cc2ccc(Cl)c(Cl)c2)CC1)c1nc2ccccc2o1. The molecule has 7 heteroatoms. The van der Waals surface area contributed by atoms with Crippen LogP contribution in [0.25, 0.3) is 11.1 Å². The first-order chi connectivity index (χ1) is 14.5. The van der Waals surface area contributed by atoms with Gasteiger partial charge in [-0.1, -0.05) is 48.3 Å². The molecule has 2 atom stereocenters. The van der Waals surface area contributed by atoms with Gasteiger partial charge < -0.3 is 10.2 Å². The van der Waals surface area contributed by atoms with E-state index in [0.29, 0.717) is 22.5 Å². The Morgan fingerprint density at radius 3 is 2.47 bits per heavy atom. The molecule has 0 spiro atoms. The molecule has 0 bridgehead atoms. The molecule has 1 fully saturated rings. The second kappa shape index (κ2) is 9.67. The highest BCUT2D eigenvalue weighted by Crippen LogP contribution is 2.29. The van der Waals surface area contributed by atoms with Crippen LogP contribution in [0.5, 0.6) is 0 Å². The first-order valence-electron chi connectivity index (χ1n) is 10.5. The van der Waals surface area contributed by atoms with Crippen molar-refractivity contribution in [3.8, 4) is 0 Å². The summed E-state index contributed by atoms with van der Waals surface area (Å²) in [4.78, 5) is 9.70. The summed E-state index contributed by atoms with van der Waals surface area (Å²) in [6, 6.07) is 13.8. The fourth-order valence-electron chi connectivity index (χ4n) is 4.02. The number of hydrogen-bond donors (Lipinski definition) is 1. The molecule has 1 aliphatic heterocycles. The second-order valence-corrected chi connectivity index (χ2v) is 8.98. The highest BCUT2D eigenvalue weighted by molar-refractivity contribution is 6.42. The lowest BCUT2D eigenvalue weighted by atomic mass is 9.93. The highest BCUT2D eigenvalue weighted by Gasteiger charge is 2.28. The van der Waals surface area contributed by atoms with Crippen LogP contribution in [-0.4, -0.2) is 54.1 Å². The lowest BCUT2D eigenvalue weighted by Crippen LogP contribution is -2.47. The third kappa shape index (κ3) is 4.98. The van der Waals surface area contributed by atoms with Gasteiger partial charge in [-0.25, -0.2) is 4.98 Å². The molecule has 160 valence electrons. The number of oxazole rings is 1. The van der Waals surface area contributed by atoms with Gasteiger partial charge in [0.05, 0.1) is 16.0 Å². The number of benzene rings is 2. The molecule has 2 N–H and O–H groups in total. The quantitative estimate of drug-likeness (QED) is 0.572. The van der Waals surface area contributed by atoms with E-state index in [1.807, 2.05) is 42.5 Å². The van der Waals surface area contributed by atoms with Gasteiger partial charge in [0, 0.05) is 39.3 Å². The monoisotopic (exact) mass is 446 g/mol. The van der Waals surface area contributed by atoms with Crippen molar-refractivity contribution in [2.75, 3.05) is 39.3 Å². The van der Waals surface area contributed by atoms with E-state index in [1.165, 1.54) is 5.56 Å². The molecular formula is C23H28Cl2N4O. The Bertz CT molecular complexity index is 951. The molecular weight excluding hydrogens is 419 g/mol. The summed E-state index contributed by atoms with van der Waals surface area (Å²) in [6.07, 6.45) is 0. The van der Waals surface area contributed by atoms with E-state index in [0.717, 1.165) is 56.3 Å². The van der Waals surface area contributed by atoms with Crippen molar-refractivity contribution in [1.29, 1.82) is 0 Å². The van der Waals surface area contributed by atoms with E-state index in [2.05, 4.69) is 16.7 Å². The Labute approximate surface area is 187 Å². The van der Waals surface area contributed by atoms with Gasteiger partial charge in [-0.3, -0.25) is 9.80 Å². The van der Waals surface area contributed by atoms with Crippen molar-refractivity contribution in [2.45, 2.75) is 19.4 Å². The molecule has 0 amide bonds. The largest absolute Gasteiger partial charge is 0.440 e. The average Bonchev–Trinajstić information content (AvgIpc) is 3.19. The van der Waals surface area contributed by atoms with Crippen LogP contribution >= 0.6 is 23.2 Å². The molecule has 2 aromatic carbocycles. The molecule has 5 nitrogen and oxygen atoms in total. The number of para-hydroxylation sites is 2. The predicted molar refractivity (Wildman–Crippen MR) is 123 cm³/mol. The average molecular weight is 447 g/mol. The molecule has 1 aliphatic rings. The summed E-state index contributed by atoms with van der Waals surface area (Å²) in [5.41, 5.74) is 8.97. The number of piperazine rings is 1. The first kappa shape index (κ1) is 21.6. The van der Waals surface area contributed by atoms with Gasteiger partial charge in [-0.2, -0.15) is 0 Å². The maximum absolute atomic E-state index is 6.16. The normalized spacial score (nSPS) is 18.0. The maximum Gasteiger partial charge on any atom is 0.200 e. The van der Waals surface area contributed by atoms with Gasteiger partial charge in [-0.15, -0.1) is 0 Å². The van der Waals surface area contributed by atoms with Gasteiger partial charge in [0.15, 0.2) is 11.5 Å². The Morgan fingerprint density at radius 2 is 1.77 bits per heavy atom. The van der Waals surface area contributed by atoms with E-state index >= 15 is 0 Å². The number of aromatic nitrogens is 1. The van der Waals surface area contributed by atoms with Gasteiger partial charge in [0.25, 0.3) is 0 Å². The van der Waals surface area contributed by atoms with Crippen molar-refractivity contribution in [3.63, 3.8) is 0 Å². The van der Waals surface area contributed by atoms with Crippen molar-refractivity contribution >= 4 is 34.3 Å². The molecule has 1 aromatic heterocycles. The first-order valence-corrected chi connectivity index (χ1v) is 11.2. The minimum Gasteiger partial charge on any atom is -0.440 e. The molecule has 2 heterocycles. The van der Waals surface area contributed by atoms with E-state index in [-0.39, 0.29) is 5.92 Å². The van der Waals surface area contributed by atoms with E-state index in [4.69, 9.17) is 38.3 Å². The van der Waals surface area contributed by atoms with Gasteiger partial charge in [0.2, 0.25) is 0 Å². The summed E-state index contributed by atoms with van der Waals surface area (Å²) in [5, 5.41) is 1.22.